The van der Waals surface area contributed by atoms with E-state index < -0.39 is 0 Å². The second-order valence-electron chi connectivity index (χ2n) is 16.8. The monoisotopic (exact) mass is 776 g/mol. The summed E-state index contributed by atoms with van der Waals surface area (Å²) in [6, 6.07) is 74.8. The number of fused-ring (bicyclic) bond motifs is 8. The third kappa shape index (κ3) is 5.49. The maximum absolute atomic E-state index is 5.29. The van der Waals surface area contributed by atoms with Gasteiger partial charge in [0.1, 0.15) is 0 Å². The van der Waals surface area contributed by atoms with E-state index in [-0.39, 0.29) is 5.41 Å². The first kappa shape index (κ1) is 35.3. The van der Waals surface area contributed by atoms with Crippen molar-refractivity contribution in [1.82, 2.24) is 9.97 Å². The van der Waals surface area contributed by atoms with Crippen LogP contribution < -0.4 is 0 Å². The molecule has 10 aromatic carbocycles. The first-order chi connectivity index (χ1) is 30.0. The van der Waals surface area contributed by atoms with E-state index in [0.717, 1.165) is 33.5 Å². The van der Waals surface area contributed by atoms with Crippen LogP contribution >= 0.6 is 0 Å². The van der Waals surface area contributed by atoms with Crippen molar-refractivity contribution in [2.45, 2.75) is 19.3 Å². The number of aromatic nitrogens is 2. The predicted molar refractivity (Wildman–Crippen MR) is 257 cm³/mol. The van der Waals surface area contributed by atoms with Gasteiger partial charge in [-0.05, 0) is 93.7 Å². The Morgan fingerprint density at radius 3 is 1.43 bits per heavy atom. The van der Waals surface area contributed by atoms with Gasteiger partial charge in [0, 0.05) is 22.1 Å². The topological polar surface area (TPSA) is 25.8 Å². The van der Waals surface area contributed by atoms with Crippen molar-refractivity contribution in [3.05, 3.63) is 217 Å². The van der Waals surface area contributed by atoms with Crippen molar-refractivity contribution < 1.29 is 0 Å². The molecule has 286 valence electrons. The Bertz CT molecular complexity index is 3560. The highest BCUT2D eigenvalue weighted by Gasteiger charge is 2.38. The van der Waals surface area contributed by atoms with Gasteiger partial charge in [-0.15, -0.1) is 0 Å². The van der Waals surface area contributed by atoms with E-state index in [0.29, 0.717) is 5.82 Å². The second kappa shape index (κ2) is 13.7. The van der Waals surface area contributed by atoms with E-state index in [4.69, 9.17) is 9.97 Å². The molecule has 0 atom stereocenters. The molecule has 0 saturated heterocycles. The van der Waals surface area contributed by atoms with Crippen LogP contribution in [0.15, 0.2) is 206 Å². The van der Waals surface area contributed by atoms with Gasteiger partial charge in [0.25, 0.3) is 0 Å². The summed E-state index contributed by atoms with van der Waals surface area (Å²) in [5, 5.41) is 9.80. The lowest BCUT2D eigenvalue weighted by Gasteiger charge is -2.25. The minimum Gasteiger partial charge on any atom is -0.228 e. The summed E-state index contributed by atoms with van der Waals surface area (Å²) in [6.45, 7) is 4.79. The summed E-state index contributed by atoms with van der Waals surface area (Å²) in [6.07, 6.45) is 0. The molecule has 12 rings (SSSR count). The molecule has 0 amide bonds. The fraction of sp³-hybridized carbons (Fsp3) is 0.0508. The smallest absolute Gasteiger partial charge is 0.160 e. The van der Waals surface area contributed by atoms with E-state index in [9.17, 15) is 0 Å². The Morgan fingerprint density at radius 1 is 0.328 bits per heavy atom. The second-order valence-corrected chi connectivity index (χ2v) is 16.8. The number of nitrogens with zero attached hydrogens (tertiary/aromatic N) is 2. The Hall–Kier alpha value is -7.68. The van der Waals surface area contributed by atoms with Gasteiger partial charge in [-0.3, -0.25) is 0 Å². The first-order valence-corrected chi connectivity index (χ1v) is 21.2. The Morgan fingerprint density at radius 2 is 0.770 bits per heavy atom. The molecule has 2 heteroatoms. The highest BCUT2D eigenvalue weighted by atomic mass is 14.9. The molecule has 0 unspecified atom stereocenters. The normalized spacial score (nSPS) is 12.9. The molecule has 61 heavy (non-hydrogen) atoms. The molecule has 0 radical (unpaired) electrons. The van der Waals surface area contributed by atoms with E-state index in [1.807, 2.05) is 6.07 Å². The molecule has 1 aliphatic carbocycles. The van der Waals surface area contributed by atoms with E-state index in [1.165, 1.54) is 82.2 Å². The molecule has 11 aromatic rings. The molecule has 0 spiro atoms. The van der Waals surface area contributed by atoms with Gasteiger partial charge in [0.2, 0.25) is 0 Å². The number of rotatable bonds is 5. The lowest BCUT2D eigenvalue weighted by Crippen LogP contribution is -2.16. The molecular formula is C59H40N2. The van der Waals surface area contributed by atoms with Crippen LogP contribution in [0.5, 0.6) is 0 Å². The molecule has 2 nitrogen and oxygen atoms in total. The molecule has 0 bridgehead atoms. The minimum absolute atomic E-state index is 0.161. The fourth-order valence-electron chi connectivity index (χ4n) is 10.3. The lowest BCUT2D eigenvalue weighted by atomic mass is 9.78. The quantitative estimate of drug-likeness (QED) is 0.174. The maximum atomic E-state index is 5.29. The van der Waals surface area contributed by atoms with E-state index in [1.54, 1.807) is 0 Å². The van der Waals surface area contributed by atoms with Crippen molar-refractivity contribution in [1.29, 1.82) is 0 Å². The average Bonchev–Trinajstić information content (AvgIpc) is 3.57. The van der Waals surface area contributed by atoms with E-state index in [2.05, 4.69) is 214 Å². The third-order valence-corrected chi connectivity index (χ3v) is 13.1. The SMILES string of the molecule is CC1(C)c2ccc3ccccc3c2-c2cccc(-c3ccc(-c4ccc(-c5cc(-c6cccc7ccccc67)nc(-c6ccccc6)n5)c5ccccc45)c4ccccc34)c21. The van der Waals surface area contributed by atoms with Crippen molar-refractivity contribution in [3.8, 4) is 67.3 Å². The first-order valence-electron chi connectivity index (χ1n) is 21.2. The van der Waals surface area contributed by atoms with Crippen LogP contribution in [-0.4, -0.2) is 9.97 Å². The van der Waals surface area contributed by atoms with Crippen molar-refractivity contribution in [2.24, 2.45) is 0 Å². The number of hydrogen-bond acceptors (Lipinski definition) is 2. The van der Waals surface area contributed by atoms with Crippen LogP contribution in [0.4, 0.5) is 0 Å². The number of hydrogen-bond donors (Lipinski definition) is 0. The van der Waals surface area contributed by atoms with Gasteiger partial charge < -0.3 is 0 Å². The summed E-state index contributed by atoms with van der Waals surface area (Å²) in [5.74, 6) is 0.711. The van der Waals surface area contributed by atoms with Crippen LogP contribution in [0, 0.1) is 0 Å². The van der Waals surface area contributed by atoms with Gasteiger partial charge in [-0.25, -0.2) is 9.97 Å². The summed E-state index contributed by atoms with van der Waals surface area (Å²) >= 11 is 0. The Labute approximate surface area is 355 Å². The van der Waals surface area contributed by atoms with Gasteiger partial charge in [-0.2, -0.15) is 0 Å². The summed E-state index contributed by atoms with van der Waals surface area (Å²) in [4.78, 5) is 10.5. The largest absolute Gasteiger partial charge is 0.228 e. The van der Waals surface area contributed by atoms with Crippen LogP contribution in [0.1, 0.15) is 25.0 Å². The molecule has 1 aliphatic rings. The fourth-order valence-corrected chi connectivity index (χ4v) is 10.3. The van der Waals surface area contributed by atoms with Crippen LogP contribution in [0.2, 0.25) is 0 Å². The van der Waals surface area contributed by atoms with Crippen molar-refractivity contribution >= 4 is 43.1 Å². The zero-order valence-corrected chi connectivity index (χ0v) is 34.0. The average molecular weight is 777 g/mol. The van der Waals surface area contributed by atoms with Gasteiger partial charge in [-0.1, -0.05) is 214 Å². The Kier molecular flexibility index (Phi) is 7.92. The predicted octanol–water partition coefficient (Wildman–Crippen LogP) is 15.7. The Balaban J connectivity index is 1.03. The summed E-state index contributed by atoms with van der Waals surface area (Å²) in [5.41, 5.74) is 15.3. The van der Waals surface area contributed by atoms with Crippen molar-refractivity contribution in [3.63, 3.8) is 0 Å². The molecule has 1 heterocycles. The third-order valence-electron chi connectivity index (χ3n) is 13.1. The van der Waals surface area contributed by atoms with Gasteiger partial charge in [0.05, 0.1) is 11.4 Å². The van der Waals surface area contributed by atoms with Crippen molar-refractivity contribution in [2.75, 3.05) is 0 Å². The molecule has 0 N–H and O–H groups in total. The zero-order chi connectivity index (χ0) is 40.7. The van der Waals surface area contributed by atoms with E-state index >= 15 is 0 Å². The van der Waals surface area contributed by atoms with Crippen LogP contribution in [0.3, 0.4) is 0 Å². The molecular weight excluding hydrogens is 737 g/mol. The molecule has 1 aromatic heterocycles. The summed E-state index contributed by atoms with van der Waals surface area (Å²) < 4.78 is 0. The molecule has 0 aliphatic heterocycles. The maximum Gasteiger partial charge on any atom is 0.160 e. The number of benzene rings is 10. The summed E-state index contributed by atoms with van der Waals surface area (Å²) in [7, 11) is 0. The van der Waals surface area contributed by atoms with Gasteiger partial charge in [0.15, 0.2) is 5.82 Å². The highest BCUT2D eigenvalue weighted by molar-refractivity contribution is 6.13. The highest BCUT2D eigenvalue weighted by Crippen LogP contribution is 2.55. The zero-order valence-electron chi connectivity index (χ0n) is 34.0. The molecule has 0 fully saturated rings. The lowest BCUT2D eigenvalue weighted by molar-refractivity contribution is 0.662. The molecule has 0 saturated carbocycles. The van der Waals surface area contributed by atoms with Crippen LogP contribution in [0.25, 0.3) is 110 Å². The van der Waals surface area contributed by atoms with Crippen LogP contribution in [-0.2, 0) is 5.41 Å². The van der Waals surface area contributed by atoms with Gasteiger partial charge >= 0.3 is 0 Å². The standard InChI is InChI=1S/C59H40N2/c1-59(2)53-35-30-38-17-7-9-22-41(38)56(53)52-29-15-28-51(57(52)59)48-32-31-46(42-23-10-11-24-43(42)48)47-33-34-50(45-26-13-12-25-44(45)47)55-36-54(60-58(61-55)39-18-4-3-5-19-39)49-27-14-20-37-16-6-8-21-40(37)49/h3-36H,1-2H3. The minimum atomic E-state index is -0.161.